The average molecular weight is 394 g/mol. The standard InChI is InChI=1S/C17H22N4O5S/c1-13-18-19-17(26-13)4-5-20-6-8-21(9-7-20)27(22,23)14-2-3-15-16(12-14)25-11-10-24-15/h2-3,12H,4-11H2,1H3. The topological polar surface area (TPSA) is 98.0 Å². The van der Waals surface area contributed by atoms with Crippen LogP contribution in [0.25, 0.3) is 0 Å². The van der Waals surface area contributed by atoms with Crippen molar-refractivity contribution in [1.29, 1.82) is 0 Å². The van der Waals surface area contributed by atoms with Crippen molar-refractivity contribution in [1.82, 2.24) is 19.4 Å². The van der Waals surface area contributed by atoms with E-state index in [0.717, 1.165) is 6.54 Å². The van der Waals surface area contributed by atoms with Gasteiger partial charge in [-0.25, -0.2) is 8.42 Å². The van der Waals surface area contributed by atoms with Crippen LogP contribution in [0.2, 0.25) is 0 Å². The van der Waals surface area contributed by atoms with Crippen LogP contribution in [0.5, 0.6) is 11.5 Å². The van der Waals surface area contributed by atoms with Crippen LogP contribution < -0.4 is 9.47 Å². The molecule has 0 N–H and O–H groups in total. The third kappa shape index (κ3) is 3.92. The van der Waals surface area contributed by atoms with E-state index in [4.69, 9.17) is 13.9 Å². The minimum atomic E-state index is -3.55. The zero-order valence-corrected chi connectivity index (χ0v) is 15.9. The summed E-state index contributed by atoms with van der Waals surface area (Å²) in [5.41, 5.74) is 0. The van der Waals surface area contributed by atoms with Gasteiger partial charge in [0.1, 0.15) is 13.2 Å². The van der Waals surface area contributed by atoms with Crippen LogP contribution in [0.1, 0.15) is 11.8 Å². The molecule has 0 aliphatic carbocycles. The Morgan fingerprint density at radius 1 is 1.04 bits per heavy atom. The summed E-state index contributed by atoms with van der Waals surface area (Å²) in [4.78, 5) is 2.44. The zero-order valence-electron chi connectivity index (χ0n) is 15.1. The van der Waals surface area contributed by atoms with Crippen LogP contribution in [0.15, 0.2) is 27.5 Å². The number of hydrogen-bond acceptors (Lipinski definition) is 8. The minimum absolute atomic E-state index is 0.238. The summed E-state index contributed by atoms with van der Waals surface area (Å²) in [6.07, 6.45) is 0.662. The van der Waals surface area contributed by atoms with Crippen molar-refractivity contribution in [3.05, 3.63) is 30.0 Å². The van der Waals surface area contributed by atoms with E-state index in [1.165, 1.54) is 4.31 Å². The highest BCUT2D eigenvalue weighted by Crippen LogP contribution is 2.33. The molecule has 3 heterocycles. The maximum atomic E-state index is 12.9. The predicted octanol–water partition coefficient (Wildman–Crippen LogP) is 0.698. The summed E-state index contributed by atoms with van der Waals surface area (Å²) in [6, 6.07) is 4.78. The third-order valence-corrected chi connectivity index (χ3v) is 6.59. The predicted molar refractivity (Wildman–Crippen MR) is 95.4 cm³/mol. The number of rotatable bonds is 5. The number of ether oxygens (including phenoxy) is 2. The Kier molecular flexibility index (Phi) is 5.02. The van der Waals surface area contributed by atoms with Crippen molar-refractivity contribution < 1.29 is 22.3 Å². The molecule has 2 aromatic rings. The van der Waals surface area contributed by atoms with Crippen molar-refractivity contribution in [2.45, 2.75) is 18.2 Å². The van der Waals surface area contributed by atoms with Crippen LogP contribution >= 0.6 is 0 Å². The molecule has 10 heteroatoms. The van der Waals surface area contributed by atoms with Gasteiger partial charge in [-0.15, -0.1) is 10.2 Å². The number of sulfonamides is 1. The van der Waals surface area contributed by atoms with Crippen LogP contribution in [-0.4, -0.2) is 73.8 Å². The van der Waals surface area contributed by atoms with Gasteiger partial charge >= 0.3 is 0 Å². The molecule has 146 valence electrons. The van der Waals surface area contributed by atoms with E-state index in [1.807, 2.05) is 0 Å². The fourth-order valence-corrected chi connectivity index (χ4v) is 4.66. The first-order valence-corrected chi connectivity index (χ1v) is 10.4. The van der Waals surface area contributed by atoms with Gasteiger partial charge < -0.3 is 18.8 Å². The minimum Gasteiger partial charge on any atom is -0.486 e. The second-order valence-electron chi connectivity index (χ2n) is 6.52. The van der Waals surface area contributed by atoms with Crippen LogP contribution in [0, 0.1) is 6.92 Å². The first-order chi connectivity index (χ1) is 13.0. The summed E-state index contributed by atoms with van der Waals surface area (Å²) in [5.74, 6) is 2.23. The van der Waals surface area contributed by atoms with Crippen LogP contribution in [-0.2, 0) is 16.4 Å². The van der Waals surface area contributed by atoms with Gasteiger partial charge in [0.05, 0.1) is 4.90 Å². The average Bonchev–Trinajstić information content (AvgIpc) is 3.11. The molecular formula is C17H22N4O5S. The fourth-order valence-electron chi connectivity index (χ4n) is 3.22. The van der Waals surface area contributed by atoms with Gasteiger partial charge in [-0.3, -0.25) is 0 Å². The molecule has 2 aliphatic rings. The Labute approximate surface area is 157 Å². The van der Waals surface area contributed by atoms with Gasteiger partial charge in [-0.05, 0) is 12.1 Å². The Bertz CT molecular complexity index is 906. The lowest BCUT2D eigenvalue weighted by atomic mass is 10.3. The van der Waals surface area contributed by atoms with E-state index in [0.29, 0.717) is 69.1 Å². The number of aromatic nitrogens is 2. The molecule has 27 heavy (non-hydrogen) atoms. The normalized spacial score (nSPS) is 18.6. The first kappa shape index (κ1) is 18.2. The van der Waals surface area contributed by atoms with E-state index >= 15 is 0 Å². The van der Waals surface area contributed by atoms with Crippen molar-refractivity contribution >= 4 is 10.0 Å². The molecule has 0 unspecified atom stereocenters. The smallest absolute Gasteiger partial charge is 0.243 e. The summed E-state index contributed by atoms with van der Waals surface area (Å²) in [5, 5.41) is 7.80. The van der Waals surface area contributed by atoms with E-state index in [1.54, 1.807) is 25.1 Å². The van der Waals surface area contributed by atoms with E-state index in [2.05, 4.69) is 15.1 Å². The Morgan fingerprint density at radius 3 is 2.48 bits per heavy atom. The summed E-state index contributed by atoms with van der Waals surface area (Å²) < 4.78 is 43.7. The maximum absolute atomic E-state index is 12.9. The van der Waals surface area contributed by atoms with Gasteiger partial charge in [0.15, 0.2) is 11.5 Å². The highest BCUT2D eigenvalue weighted by atomic mass is 32.2. The lowest BCUT2D eigenvalue weighted by Crippen LogP contribution is -2.49. The lowest BCUT2D eigenvalue weighted by Gasteiger charge is -2.33. The molecule has 1 aromatic carbocycles. The highest BCUT2D eigenvalue weighted by molar-refractivity contribution is 7.89. The Balaban J connectivity index is 1.36. The molecule has 0 saturated carbocycles. The van der Waals surface area contributed by atoms with Gasteiger partial charge in [-0.2, -0.15) is 4.31 Å². The van der Waals surface area contributed by atoms with Gasteiger partial charge in [0.25, 0.3) is 0 Å². The van der Waals surface area contributed by atoms with E-state index in [-0.39, 0.29) is 4.90 Å². The number of benzene rings is 1. The molecule has 1 saturated heterocycles. The second-order valence-corrected chi connectivity index (χ2v) is 8.45. The number of fused-ring (bicyclic) bond motifs is 1. The summed E-state index contributed by atoms with van der Waals surface area (Å²) >= 11 is 0. The van der Waals surface area contributed by atoms with Gasteiger partial charge in [-0.1, -0.05) is 0 Å². The van der Waals surface area contributed by atoms with Crippen molar-refractivity contribution in [3.63, 3.8) is 0 Å². The van der Waals surface area contributed by atoms with Crippen LogP contribution in [0.4, 0.5) is 0 Å². The summed E-state index contributed by atoms with van der Waals surface area (Å²) in [6.45, 7) is 5.64. The number of nitrogens with zero attached hydrogens (tertiary/aromatic N) is 4. The molecule has 0 spiro atoms. The van der Waals surface area contributed by atoms with Crippen molar-refractivity contribution in [3.8, 4) is 11.5 Å². The molecule has 0 amide bonds. The summed E-state index contributed by atoms with van der Waals surface area (Å²) in [7, 11) is -3.55. The highest BCUT2D eigenvalue weighted by Gasteiger charge is 2.29. The zero-order chi connectivity index (χ0) is 18.9. The molecule has 1 fully saturated rings. The molecule has 2 aliphatic heterocycles. The molecule has 0 radical (unpaired) electrons. The maximum Gasteiger partial charge on any atom is 0.243 e. The van der Waals surface area contributed by atoms with Crippen LogP contribution in [0.3, 0.4) is 0 Å². The molecular weight excluding hydrogens is 372 g/mol. The quantitative estimate of drug-likeness (QED) is 0.731. The Hall–Kier alpha value is -2.17. The largest absolute Gasteiger partial charge is 0.486 e. The molecule has 4 rings (SSSR count). The Morgan fingerprint density at radius 2 is 1.78 bits per heavy atom. The third-order valence-electron chi connectivity index (χ3n) is 4.69. The van der Waals surface area contributed by atoms with Gasteiger partial charge in [0.2, 0.25) is 21.8 Å². The molecule has 1 aromatic heterocycles. The lowest BCUT2D eigenvalue weighted by molar-refractivity contribution is 0.170. The molecule has 9 nitrogen and oxygen atoms in total. The number of piperazine rings is 1. The van der Waals surface area contributed by atoms with Crippen molar-refractivity contribution in [2.24, 2.45) is 0 Å². The van der Waals surface area contributed by atoms with E-state index < -0.39 is 10.0 Å². The van der Waals surface area contributed by atoms with Crippen molar-refractivity contribution in [2.75, 3.05) is 45.9 Å². The first-order valence-electron chi connectivity index (χ1n) is 8.93. The molecule has 0 bridgehead atoms. The fraction of sp³-hybridized carbons (Fsp3) is 0.529. The monoisotopic (exact) mass is 394 g/mol. The molecule has 0 atom stereocenters. The van der Waals surface area contributed by atoms with E-state index in [9.17, 15) is 8.42 Å². The number of aryl methyl sites for hydroxylation is 1. The van der Waals surface area contributed by atoms with Gasteiger partial charge in [0, 0.05) is 52.1 Å². The second kappa shape index (κ2) is 7.45. The number of hydrogen-bond donors (Lipinski definition) is 0. The SMILES string of the molecule is Cc1nnc(CCN2CCN(S(=O)(=O)c3ccc4c(c3)OCCO4)CC2)o1.